The number of hydrogen-bond acceptors (Lipinski definition) is 1. The minimum absolute atomic E-state index is 0.115. The van der Waals surface area contributed by atoms with E-state index in [1.165, 1.54) is 12.1 Å². The number of hydrogen-bond donors (Lipinski definition) is 0. The van der Waals surface area contributed by atoms with Crippen molar-refractivity contribution in [1.82, 2.24) is 4.90 Å². The first-order valence-corrected chi connectivity index (χ1v) is 8.06. The van der Waals surface area contributed by atoms with Crippen LogP contribution < -0.4 is 0 Å². The van der Waals surface area contributed by atoms with Crippen molar-refractivity contribution in [3.8, 4) is 0 Å². The van der Waals surface area contributed by atoms with Crippen molar-refractivity contribution in [3.05, 3.63) is 35.4 Å². The molecule has 1 amide bonds. The number of carbonyl (C=O) groups excluding carboxylic acids is 1. The molecule has 6 heteroatoms. The summed E-state index contributed by atoms with van der Waals surface area (Å²) in [5.74, 6) is 0.119. The summed E-state index contributed by atoms with van der Waals surface area (Å²) in [4.78, 5) is 14.0. The third-order valence-electron chi connectivity index (χ3n) is 3.76. The van der Waals surface area contributed by atoms with Crippen molar-refractivity contribution in [1.29, 1.82) is 0 Å². The first kappa shape index (κ1) is 16.3. The van der Waals surface area contributed by atoms with Crippen molar-refractivity contribution in [3.63, 3.8) is 0 Å². The Kier molecular flexibility index (Phi) is 5.30. The normalized spacial score (nSPS) is 19.6. The number of amides is 1. The fourth-order valence-corrected chi connectivity index (χ4v) is 3.30. The number of halogens is 4. The molecule has 0 aliphatic carbocycles. The average Bonchev–Trinajstić information content (AvgIpc) is 2.46. The maximum Gasteiger partial charge on any atom is 0.416 e. The highest BCUT2D eigenvalue weighted by molar-refractivity contribution is 9.09. The number of alkyl halides is 4. The smallest absolute Gasteiger partial charge is 0.338 e. The van der Waals surface area contributed by atoms with Gasteiger partial charge in [-0.25, -0.2) is 0 Å². The molecule has 0 saturated carbocycles. The number of piperidine rings is 1. The number of nitrogens with zero attached hydrogens (tertiary/aromatic N) is 1. The maximum atomic E-state index is 12.7. The van der Waals surface area contributed by atoms with Crippen LogP contribution in [-0.2, 0) is 6.18 Å². The van der Waals surface area contributed by atoms with Gasteiger partial charge in [0.25, 0.3) is 5.91 Å². The number of benzene rings is 1. The second-order valence-corrected chi connectivity index (χ2v) is 6.11. The van der Waals surface area contributed by atoms with Gasteiger partial charge in [-0.15, -0.1) is 0 Å². The summed E-state index contributed by atoms with van der Waals surface area (Å²) in [5.41, 5.74) is -0.660. The molecule has 2 rings (SSSR count). The predicted octanol–water partition coefficient (Wildman–Crippen LogP) is 4.34. The maximum absolute atomic E-state index is 12.7. The van der Waals surface area contributed by atoms with Crippen LogP contribution in [-0.4, -0.2) is 29.2 Å². The topological polar surface area (TPSA) is 20.3 Å². The molecular weight excluding hydrogens is 347 g/mol. The lowest BCUT2D eigenvalue weighted by Crippen LogP contribution is -2.40. The minimum Gasteiger partial charge on any atom is -0.338 e. The highest BCUT2D eigenvalue weighted by Gasteiger charge is 2.32. The fourth-order valence-electron chi connectivity index (χ4n) is 2.65. The first-order valence-electron chi connectivity index (χ1n) is 6.94. The van der Waals surface area contributed by atoms with Gasteiger partial charge < -0.3 is 4.90 Å². The molecule has 0 aromatic heterocycles. The molecule has 1 atom stereocenters. The Morgan fingerprint density at radius 3 is 2.81 bits per heavy atom. The van der Waals surface area contributed by atoms with E-state index in [2.05, 4.69) is 15.9 Å². The summed E-state index contributed by atoms with van der Waals surface area (Å²) in [7, 11) is 0. The van der Waals surface area contributed by atoms with Crippen LogP contribution in [0.1, 0.15) is 35.2 Å². The molecular formula is C15H17BrF3NO. The number of rotatable bonds is 3. The third-order valence-corrected chi connectivity index (χ3v) is 4.22. The van der Waals surface area contributed by atoms with E-state index in [4.69, 9.17) is 0 Å². The predicted molar refractivity (Wildman–Crippen MR) is 78.5 cm³/mol. The molecule has 1 aliphatic rings. The summed E-state index contributed by atoms with van der Waals surface area (Å²) >= 11 is 3.39. The second kappa shape index (κ2) is 6.81. The molecule has 0 bridgehead atoms. The molecule has 1 aliphatic heterocycles. The SMILES string of the molecule is O=C(c1cccc(C(F)(F)F)c1)N1CCCC(CCBr)C1. The van der Waals surface area contributed by atoms with Crippen molar-refractivity contribution in [2.75, 3.05) is 18.4 Å². The van der Waals surface area contributed by atoms with Gasteiger partial charge in [0.2, 0.25) is 0 Å². The number of likely N-dealkylation sites (tertiary alicyclic amines) is 1. The molecule has 0 N–H and O–H groups in total. The van der Waals surface area contributed by atoms with Crippen molar-refractivity contribution < 1.29 is 18.0 Å². The fraction of sp³-hybridized carbons (Fsp3) is 0.533. The summed E-state index contributed by atoms with van der Waals surface area (Å²) in [6.07, 6.45) is -1.47. The van der Waals surface area contributed by atoms with Crippen LogP contribution >= 0.6 is 15.9 Å². The third kappa shape index (κ3) is 4.22. The Morgan fingerprint density at radius 1 is 1.38 bits per heavy atom. The van der Waals surface area contributed by atoms with Gasteiger partial charge in [-0.3, -0.25) is 4.79 Å². The Morgan fingerprint density at radius 2 is 2.14 bits per heavy atom. The van der Waals surface area contributed by atoms with Crippen LogP contribution in [0.5, 0.6) is 0 Å². The summed E-state index contributed by atoms with van der Waals surface area (Å²) < 4.78 is 38.1. The zero-order valence-corrected chi connectivity index (χ0v) is 13.1. The molecule has 1 saturated heterocycles. The highest BCUT2D eigenvalue weighted by atomic mass is 79.9. The lowest BCUT2D eigenvalue weighted by atomic mass is 9.95. The lowest BCUT2D eigenvalue weighted by molar-refractivity contribution is -0.137. The van der Waals surface area contributed by atoms with Gasteiger partial charge in [0.05, 0.1) is 5.56 Å². The van der Waals surface area contributed by atoms with Gasteiger partial charge in [0.15, 0.2) is 0 Å². The minimum atomic E-state index is -4.42. The molecule has 0 spiro atoms. The van der Waals surface area contributed by atoms with Crippen molar-refractivity contribution in [2.24, 2.45) is 5.92 Å². The van der Waals surface area contributed by atoms with Crippen molar-refractivity contribution in [2.45, 2.75) is 25.4 Å². The summed E-state index contributed by atoms with van der Waals surface area (Å²) in [6.45, 7) is 1.24. The van der Waals surface area contributed by atoms with E-state index < -0.39 is 11.7 Å². The van der Waals surface area contributed by atoms with Gasteiger partial charge >= 0.3 is 6.18 Å². The molecule has 1 heterocycles. The van der Waals surface area contributed by atoms with Gasteiger partial charge in [0, 0.05) is 24.0 Å². The molecule has 1 fully saturated rings. The van der Waals surface area contributed by atoms with E-state index in [0.717, 1.165) is 36.7 Å². The molecule has 2 nitrogen and oxygen atoms in total. The van der Waals surface area contributed by atoms with Gasteiger partial charge in [-0.1, -0.05) is 22.0 Å². The van der Waals surface area contributed by atoms with Crippen LogP contribution in [0.2, 0.25) is 0 Å². The zero-order chi connectivity index (χ0) is 15.5. The van der Waals surface area contributed by atoms with Gasteiger partial charge in [-0.05, 0) is 43.4 Å². The van der Waals surface area contributed by atoms with Crippen molar-refractivity contribution >= 4 is 21.8 Å². The average molecular weight is 364 g/mol. The van der Waals surface area contributed by atoms with Crippen LogP contribution in [0.4, 0.5) is 13.2 Å². The largest absolute Gasteiger partial charge is 0.416 e. The summed E-state index contributed by atoms with van der Waals surface area (Å²) in [6, 6.07) is 4.67. The standard InChI is InChI=1S/C15H17BrF3NO/c16-7-6-11-3-2-8-20(10-11)14(21)12-4-1-5-13(9-12)15(17,18)19/h1,4-5,9,11H,2-3,6-8,10H2. The van der Waals surface area contributed by atoms with E-state index in [9.17, 15) is 18.0 Å². The zero-order valence-electron chi connectivity index (χ0n) is 11.5. The quantitative estimate of drug-likeness (QED) is 0.731. The molecule has 1 aromatic rings. The highest BCUT2D eigenvalue weighted by Crippen LogP contribution is 2.30. The summed E-state index contributed by atoms with van der Waals surface area (Å²) in [5, 5.41) is 0.878. The second-order valence-electron chi connectivity index (χ2n) is 5.32. The molecule has 1 aromatic carbocycles. The Bertz CT molecular complexity index is 502. The Balaban J connectivity index is 2.12. The first-order chi connectivity index (χ1) is 9.91. The molecule has 1 unspecified atom stereocenters. The van der Waals surface area contributed by atoms with E-state index in [-0.39, 0.29) is 11.5 Å². The Labute approximate surface area is 130 Å². The lowest BCUT2D eigenvalue weighted by Gasteiger charge is -2.32. The molecule has 116 valence electrons. The van der Waals surface area contributed by atoms with E-state index in [0.29, 0.717) is 19.0 Å². The van der Waals surface area contributed by atoms with Crippen LogP contribution in [0.25, 0.3) is 0 Å². The van der Waals surface area contributed by atoms with Crippen LogP contribution in [0.3, 0.4) is 0 Å². The Hall–Kier alpha value is -1.04. The monoisotopic (exact) mass is 363 g/mol. The molecule has 0 radical (unpaired) electrons. The van der Waals surface area contributed by atoms with E-state index in [1.807, 2.05) is 0 Å². The van der Waals surface area contributed by atoms with Crippen LogP contribution in [0.15, 0.2) is 24.3 Å². The molecule has 21 heavy (non-hydrogen) atoms. The van der Waals surface area contributed by atoms with Gasteiger partial charge in [-0.2, -0.15) is 13.2 Å². The van der Waals surface area contributed by atoms with Crippen LogP contribution in [0, 0.1) is 5.92 Å². The number of carbonyl (C=O) groups is 1. The van der Waals surface area contributed by atoms with E-state index >= 15 is 0 Å². The van der Waals surface area contributed by atoms with E-state index in [1.54, 1.807) is 4.90 Å². The van der Waals surface area contributed by atoms with Gasteiger partial charge in [0.1, 0.15) is 0 Å².